The normalized spacial score (nSPS) is 14.4. The zero-order valence-electron chi connectivity index (χ0n) is 18.2. The monoisotopic (exact) mass is 450 g/mol. The molecular formula is C26H30N2O3S. The molecule has 1 aliphatic rings. The zero-order chi connectivity index (χ0) is 22.2. The van der Waals surface area contributed by atoms with Crippen LogP contribution in [-0.2, 0) is 16.4 Å². The summed E-state index contributed by atoms with van der Waals surface area (Å²) < 4.78 is 31.4. The molecule has 0 bridgehead atoms. The van der Waals surface area contributed by atoms with Crippen LogP contribution in [0.4, 0.5) is 11.4 Å². The van der Waals surface area contributed by atoms with Crippen LogP contribution in [0.1, 0.15) is 44.2 Å². The first kappa shape index (κ1) is 22.3. The molecule has 0 unspecified atom stereocenters. The van der Waals surface area contributed by atoms with Gasteiger partial charge in [-0.05, 0) is 73.4 Å². The smallest absolute Gasteiger partial charge is 0.178 e. The predicted molar refractivity (Wildman–Crippen MR) is 128 cm³/mol. The number of hydrogen-bond acceptors (Lipinski definition) is 5. The predicted octanol–water partition coefficient (Wildman–Crippen LogP) is 6.15. The van der Waals surface area contributed by atoms with Gasteiger partial charge in [-0.3, -0.25) is 4.98 Å². The summed E-state index contributed by atoms with van der Waals surface area (Å²) >= 11 is 0. The number of anilines is 2. The second-order valence-electron chi connectivity index (χ2n) is 8.40. The fourth-order valence-corrected chi connectivity index (χ4v) is 5.56. The summed E-state index contributed by atoms with van der Waals surface area (Å²) in [5.41, 5.74) is 2.49. The molecule has 168 valence electrons. The molecule has 0 radical (unpaired) electrons. The maximum absolute atomic E-state index is 12.8. The molecular weight excluding hydrogens is 420 g/mol. The molecule has 4 rings (SSSR count). The van der Waals surface area contributed by atoms with Crippen LogP contribution in [0, 0.1) is 5.92 Å². The highest BCUT2D eigenvalue weighted by atomic mass is 32.2. The van der Waals surface area contributed by atoms with E-state index in [1.54, 1.807) is 24.4 Å². The summed E-state index contributed by atoms with van der Waals surface area (Å²) in [6, 6.07) is 20.4. The van der Waals surface area contributed by atoms with E-state index in [2.05, 4.69) is 10.3 Å². The van der Waals surface area contributed by atoms with E-state index in [1.165, 1.54) is 25.7 Å². The maximum Gasteiger partial charge on any atom is 0.178 e. The van der Waals surface area contributed by atoms with E-state index in [0.717, 1.165) is 35.7 Å². The molecule has 1 saturated carbocycles. The highest BCUT2D eigenvalue weighted by molar-refractivity contribution is 7.91. The van der Waals surface area contributed by atoms with Crippen molar-refractivity contribution in [3.05, 3.63) is 78.6 Å². The standard InChI is InChI=1S/C26H30N2O3S/c29-32(30,18-6-9-21-7-1-2-8-21)26-12-5-11-23(19-26)28-22-13-15-25(16-14-22)31-20-24-10-3-4-17-27-24/h3-5,10-17,19,21,28H,1-2,6-9,18,20H2. The lowest BCUT2D eigenvalue weighted by Crippen LogP contribution is -2.08. The summed E-state index contributed by atoms with van der Waals surface area (Å²) in [4.78, 5) is 4.63. The molecule has 1 heterocycles. The fraction of sp³-hybridized carbons (Fsp3) is 0.346. The number of rotatable bonds is 10. The summed E-state index contributed by atoms with van der Waals surface area (Å²) in [6.45, 7) is 0.411. The Kier molecular flexibility index (Phi) is 7.43. The van der Waals surface area contributed by atoms with Gasteiger partial charge in [-0.2, -0.15) is 0 Å². The molecule has 0 saturated heterocycles. The van der Waals surface area contributed by atoms with Gasteiger partial charge in [0.1, 0.15) is 12.4 Å². The van der Waals surface area contributed by atoms with E-state index in [1.807, 2.05) is 48.5 Å². The summed E-state index contributed by atoms with van der Waals surface area (Å²) in [6.07, 6.45) is 8.61. The number of hydrogen-bond donors (Lipinski definition) is 1. The van der Waals surface area contributed by atoms with Gasteiger partial charge in [-0.15, -0.1) is 0 Å². The lowest BCUT2D eigenvalue weighted by atomic mass is 10.0. The Morgan fingerprint density at radius 2 is 1.75 bits per heavy atom. The molecule has 32 heavy (non-hydrogen) atoms. The van der Waals surface area contributed by atoms with Crippen LogP contribution in [0.25, 0.3) is 0 Å². The van der Waals surface area contributed by atoms with Gasteiger partial charge in [0.25, 0.3) is 0 Å². The molecule has 5 nitrogen and oxygen atoms in total. The molecule has 2 aromatic carbocycles. The minimum absolute atomic E-state index is 0.218. The third-order valence-electron chi connectivity index (χ3n) is 5.95. The Bertz CT molecular complexity index is 1090. The van der Waals surface area contributed by atoms with Gasteiger partial charge >= 0.3 is 0 Å². The van der Waals surface area contributed by atoms with E-state index in [9.17, 15) is 8.42 Å². The van der Waals surface area contributed by atoms with E-state index in [-0.39, 0.29) is 5.75 Å². The second kappa shape index (κ2) is 10.6. The van der Waals surface area contributed by atoms with Crippen LogP contribution >= 0.6 is 0 Å². The summed E-state index contributed by atoms with van der Waals surface area (Å²) in [5, 5.41) is 3.29. The van der Waals surface area contributed by atoms with E-state index < -0.39 is 9.84 Å². The molecule has 0 atom stereocenters. The molecule has 0 aliphatic heterocycles. The van der Waals surface area contributed by atoms with Crippen LogP contribution < -0.4 is 10.1 Å². The molecule has 0 spiro atoms. The van der Waals surface area contributed by atoms with Crippen molar-refractivity contribution in [2.75, 3.05) is 11.1 Å². The Balaban J connectivity index is 1.32. The van der Waals surface area contributed by atoms with Crippen LogP contribution in [0.5, 0.6) is 5.75 Å². The van der Waals surface area contributed by atoms with Gasteiger partial charge in [-0.25, -0.2) is 8.42 Å². The Labute approximate surface area is 190 Å². The van der Waals surface area contributed by atoms with Crippen molar-refractivity contribution in [1.29, 1.82) is 0 Å². The van der Waals surface area contributed by atoms with Crippen molar-refractivity contribution in [2.24, 2.45) is 5.92 Å². The van der Waals surface area contributed by atoms with Crippen LogP contribution in [0.15, 0.2) is 77.8 Å². The van der Waals surface area contributed by atoms with Crippen molar-refractivity contribution < 1.29 is 13.2 Å². The van der Waals surface area contributed by atoms with Gasteiger partial charge in [0.15, 0.2) is 9.84 Å². The maximum atomic E-state index is 12.8. The van der Waals surface area contributed by atoms with Gasteiger partial charge in [0.05, 0.1) is 16.3 Å². The van der Waals surface area contributed by atoms with Gasteiger partial charge in [0, 0.05) is 17.6 Å². The van der Waals surface area contributed by atoms with E-state index in [0.29, 0.717) is 17.4 Å². The number of benzene rings is 2. The van der Waals surface area contributed by atoms with Crippen molar-refractivity contribution in [3.63, 3.8) is 0 Å². The van der Waals surface area contributed by atoms with E-state index >= 15 is 0 Å². The Morgan fingerprint density at radius 3 is 2.50 bits per heavy atom. The number of ether oxygens (including phenoxy) is 1. The largest absolute Gasteiger partial charge is 0.487 e. The van der Waals surface area contributed by atoms with Crippen LogP contribution in [0.3, 0.4) is 0 Å². The molecule has 1 aromatic heterocycles. The summed E-state index contributed by atoms with van der Waals surface area (Å²) in [7, 11) is -3.27. The molecule has 1 aliphatic carbocycles. The van der Waals surface area contributed by atoms with Crippen molar-refractivity contribution in [2.45, 2.75) is 50.0 Å². The highest BCUT2D eigenvalue weighted by Crippen LogP contribution is 2.29. The van der Waals surface area contributed by atoms with Crippen LogP contribution in [-0.4, -0.2) is 19.2 Å². The number of pyridine rings is 1. The van der Waals surface area contributed by atoms with E-state index in [4.69, 9.17) is 4.74 Å². The average molecular weight is 451 g/mol. The quantitative estimate of drug-likeness (QED) is 0.401. The van der Waals surface area contributed by atoms with Crippen molar-refractivity contribution in [3.8, 4) is 5.75 Å². The van der Waals surface area contributed by atoms with Crippen molar-refractivity contribution in [1.82, 2.24) is 4.98 Å². The highest BCUT2D eigenvalue weighted by Gasteiger charge is 2.18. The van der Waals surface area contributed by atoms with Gasteiger partial charge in [0.2, 0.25) is 0 Å². The first-order chi connectivity index (χ1) is 15.6. The summed E-state index contributed by atoms with van der Waals surface area (Å²) in [5.74, 6) is 1.68. The third kappa shape index (κ3) is 6.33. The number of nitrogens with one attached hydrogen (secondary N) is 1. The number of sulfone groups is 1. The molecule has 6 heteroatoms. The fourth-order valence-electron chi connectivity index (χ4n) is 4.19. The van der Waals surface area contributed by atoms with Gasteiger partial charge in [-0.1, -0.05) is 37.8 Å². The van der Waals surface area contributed by atoms with Crippen molar-refractivity contribution >= 4 is 21.2 Å². The third-order valence-corrected chi connectivity index (χ3v) is 7.75. The lowest BCUT2D eigenvalue weighted by molar-refractivity contribution is 0.301. The topological polar surface area (TPSA) is 68.3 Å². The lowest BCUT2D eigenvalue weighted by Gasteiger charge is -2.11. The average Bonchev–Trinajstić information content (AvgIpc) is 3.33. The second-order valence-corrected chi connectivity index (χ2v) is 10.5. The first-order valence-corrected chi connectivity index (χ1v) is 13.0. The molecule has 1 N–H and O–H groups in total. The Morgan fingerprint density at radius 1 is 0.938 bits per heavy atom. The molecule has 1 fully saturated rings. The zero-order valence-corrected chi connectivity index (χ0v) is 19.1. The SMILES string of the molecule is O=S(=O)(CCCC1CCCC1)c1cccc(Nc2ccc(OCc3ccccn3)cc2)c1. The minimum atomic E-state index is -3.27. The van der Waals surface area contributed by atoms with Gasteiger partial charge < -0.3 is 10.1 Å². The number of aromatic nitrogens is 1. The molecule has 3 aromatic rings. The minimum Gasteiger partial charge on any atom is -0.487 e. The number of nitrogens with zero attached hydrogens (tertiary/aromatic N) is 1. The molecule has 0 amide bonds. The first-order valence-electron chi connectivity index (χ1n) is 11.3. The van der Waals surface area contributed by atoms with Crippen LogP contribution in [0.2, 0.25) is 0 Å². The Hall–Kier alpha value is -2.86.